The summed E-state index contributed by atoms with van der Waals surface area (Å²) in [6.07, 6.45) is 3.69. The lowest BCUT2D eigenvalue weighted by Gasteiger charge is -2.22. The van der Waals surface area contributed by atoms with Crippen LogP contribution in [0, 0.1) is 0 Å². The summed E-state index contributed by atoms with van der Waals surface area (Å²) in [5, 5.41) is 0. The summed E-state index contributed by atoms with van der Waals surface area (Å²) < 4.78 is 17.1. The van der Waals surface area contributed by atoms with Crippen molar-refractivity contribution in [2.75, 3.05) is 13.7 Å². The lowest BCUT2D eigenvalue weighted by molar-refractivity contribution is -0.00822. The van der Waals surface area contributed by atoms with Gasteiger partial charge in [-0.15, -0.1) is 6.58 Å². The highest BCUT2D eigenvalue weighted by molar-refractivity contribution is 5.27. The maximum Gasteiger partial charge on any atom is 0.118 e. The molecule has 2 rings (SSSR count). The molecular formula is C22H28O3. The molecule has 0 radical (unpaired) electrons. The van der Waals surface area contributed by atoms with E-state index in [1.807, 2.05) is 30.3 Å². The minimum atomic E-state index is 0.0946. The van der Waals surface area contributed by atoms with Crippen LogP contribution in [0.15, 0.2) is 67.3 Å². The van der Waals surface area contributed by atoms with Gasteiger partial charge in [-0.3, -0.25) is 0 Å². The molecule has 2 aromatic rings. The van der Waals surface area contributed by atoms with Gasteiger partial charge in [-0.1, -0.05) is 48.5 Å². The minimum Gasteiger partial charge on any atom is -0.497 e. The van der Waals surface area contributed by atoms with Crippen molar-refractivity contribution in [3.05, 3.63) is 78.4 Å². The van der Waals surface area contributed by atoms with Crippen LogP contribution >= 0.6 is 0 Å². The van der Waals surface area contributed by atoms with Crippen molar-refractivity contribution in [2.45, 2.75) is 38.6 Å². The molecule has 0 amide bonds. The zero-order valence-electron chi connectivity index (χ0n) is 15.2. The van der Waals surface area contributed by atoms with Gasteiger partial charge >= 0.3 is 0 Å². The second-order valence-electron chi connectivity index (χ2n) is 6.14. The average Bonchev–Trinajstić information content (AvgIpc) is 2.66. The third-order valence-corrected chi connectivity index (χ3v) is 4.04. The van der Waals surface area contributed by atoms with Crippen LogP contribution in [0.4, 0.5) is 0 Å². The Labute approximate surface area is 151 Å². The summed E-state index contributed by atoms with van der Waals surface area (Å²) in [5.41, 5.74) is 2.41. The quantitative estimate of drug-likeness (QED) is 0.550. The Balaban J connectivity index is 1.87. The highest BCUT2D eigenvalue weighted by atomic mass is 16.5. The fourth-order valence-electron chi connectivity index (χ4n) is 2.69. The number of hydrogen-bond donors (Lipinski definition) is 0. The van der Waals surface area contributed by atoms with Crippen molar-refractivity contribution < 1.29 is 14.2 Å². The fraction of sp³-hybridized carbons (Fsp3) is 0.364. The first kappa shape index (κ1) is 19.2. The number of hydrogen-bond acceptors (Lipinski definition) is 3. The van der Waals surface area contributed by atoms with Gasteiger partial charge in [0.2, 0.25) is 0 Å². The van der Waals surface area contributed by atoms with Crippen LogP contribution in [0.25, 0.3) is 0 Å². The Bertz CT molecular complexity index is 607. The van der Waals surface area contributed by atoms with Crippen LogP contribution in [0.2, 0.25) is 0 Å². The van der Waals surface area contributed by atoms with E-state index in [2.05, 4.69) is 37.8 Å². The van der Waals surface area contributed by atoms with E-state index in [0.29, 0.717) is 13.2 Å². The molecule has 134 valence electrons. The molecule has 0 heterocycles. The van der Waals surface area contributed by atoms with Crippen molar-refractivity contribution >= 4 is 0 Å². The van der Waals surface area contributed by atoms with E-state index >= 15 is 0 Å². The third-order valence-electron chi connectivity index (χ3n) is 4.04. The number of methoxy groups -OCH3 is 1. The summed E-state index contributed by atoms with van der Waals surface area (Å²) in [6, 6.07) is 18.4. The van der Waals surface area contributed by atoms with Gasteiger partial charge < -0.3 is 14.2 Å². The molecule has 2 aromatic carbocycles. The van der Waals surface area contributed by atoms with E-state index < -0.39 is 0 Å². The van der Waals surface area contributed by atoms with Gasteiger partial charge in [0.1, 0.15) is 5.75 Å². The largest absolute Gasteiger partial charge is 0.497 e. The summed E-state index contributed by atoms with van der Waals surface area (Å²) in [4.78, 5) is 0. The van der Waals surface area contributed by atoms with Gasteiger partial charge in [-0.05, 0) is 43.0 Å². The average molecular weight is 340 g/mol. The Morgan fingerprint density at radius 2 is 1.68 bits per heavy atom. The van der Waals surface area contributed by atoms with Crippen LogP contribution in [0.5, 0.6) is 5.75 Å². The lowest BCUT2D eigenvalue weighted by atomic mass is 10.0. The van der Waals surface area contributed by atoms with Crippen LogP contribution in [0.3, 0.4) is 0 Å². The van der Waals surface area contributed by atoms with Gasteiger partial charge in [0.05, 0.1) is 32.5 Å². The summed E-state index contributed by atoms with van der Waals surface area (Å²) >= 11 is 0. The number of rotatable bonds is 11. The highest BCUT2D eigenvalue weighted by Crippen LogP contribution is 2.17. The van der Waals surface area contributed by atoms with Crippen molar-refractivity contribution in [2.24, 2.45) is 0 Å². The standard InChI is InChI=1S/C22H28O3/c1-4-14-24-22(16-19-10-12-21(23-3)13-11-19)15-18(2)25-17-20-8-6-5-7-9-20/h4-13,18,22H,1,14-17H2,2-3H3. The van der Waals surface area contributed by atoms with Gasteiger partial charge in [-0.2, -0.15) is 0 Å². The fourth-order valence-corrected chi connectivity index (χ4v) is 2.69. The summed E-state index contributed by atoms with van der Waals surface area (Å²) in [5.74, 6) is 0.867. The SMILES string of the molecule is C=CCOC(Cc1ccc(OC)cc1)CC(C)OCc1ccccc1. The molecule has 0 aliphatic rings. The zero-order valence-corrected chi connectivity index (χ0v) is 15.2. The maximum absolute atomic E-state index is 5.99. The molecule has 0 aliphatic heterocycles. The van der Waals surface area contributed by atoms with E-state index in [0.717, 1.165) is 18.6 Å². The molecule has 0 aromatic heterocycles. The predicted molar refractivity (Wildman–Crippen MR) is 102 cm³/mol. The van der Waals surface area contributed by atoms with Gasteiger partial charge in [-0.25, -0.2) is 0 Å². The third kappa shape index (κ3) is 7.12. The van der Waals surface area contributed by atoms with Crippen LogP contribution in [-0.4, -0.2) is 25.9 Å². The van der Waals surface area contributed by atoms with E-state index in [4.69, 9.17) is 14.2 Å². The maximum atomic E-state index is 5.99. The van der Waals surface area contributed by atoms with E-state index in [9.17, 15) is 0 Å². The van der Waals surface area contributed by atoms with Crippen LogP contribution in [-0.2, 0) is 22.5 Å². The second kappa shape index (κ2) is 10.7. The Hall–Kier alpha value is -2.10. The molecule has 0 spiro atoms. The molecule has 3 nitrogen and oxygen atoms in total. The first-order valence-electron chi connectivity index (χ1n) is 8.72. The minimum absolute atomic E-state index is 0.0946. The van der Waals surface area contributed by atoms with Crippen LogP contribution in [0.1, 0.15) is 24.5 Å². The van der Waals surface area contributed by atoms with E-state index in [-0.39, 0.29) is 12.2 Å². The molecule has 0 saturated heterocycles. The van der Waals surface area contributed by atoms with Gasteiger partial charge in [0, 0.05) is 0 Å². The zero-order chi connectivity index (χ0) is 17.9. The number of ether oxygens (including phenoxy) is 3. The highest BCUT2D eigenvalue weighted by Gasteiger charge is 2.15. The monoisotopic (exact) mass is 340 g/mol. The molecule has 0 N–H and O–H groups in total. The molecule has 0 fully saturated rings. The normalized spacial score (nSPS) is 13.2. The summed E-state index contributed by atoms with van der Waals surface area (Å²) in [6.45, 7) is 7.01. The molecule has 2 atom stereocenters. The number of benzene rings is 2. The molecule has 3 heteroatoms. The van der Waals surface area contributed by atoms with Crippen molar-refractivity contribution in [3.8, 4) is 5.75 Å². The Morgan fingerprint density at radius 1 is 0.960 bits per heavy atom. The topological polar surface area (TPSA) is 27.7 Å². The van der Waals surface area contributed by atoms with Crippen molar-refractivity contribution in [1.82, 2.24) is 0 Å². The molecule has 0 saturated carbocycles. The van der Waals surface area contributed by atoms with Crippen LogP contribution < -0.4 is 4.74 Å². The van der Waals surface area contributed by atoms with Gasteiger partial charge in [0.25, 0.3) is 0 Å². The lowest BCUT2D eigenvalue weighted by Crippen LogP contribution is -2.23. The Morgan fingerprint density at radius 3 is 2.32 bits per heavy atom. The smallest absolute Gasteiger partial charge is 0.118 e. The molecule has 25 heavy (non-hydrogen) atoms. The molecule has 0 aliphatic carbocycles. The molecule has 0 bridgehead atoms. The van der Waals surface area contributed by atoms with Crippen molar-refractivity contribution in [1.29, 1.82) is 0 Å². The predicted octanol–water partition coefficient (Wildman–Crippen LogP) is 4.80. The first-order chi connectivity index (χ1) is 12.2. The van der Waals surface area contributed by atoms with E-state index in [1.165, 1.54) is 11.1 Å². The molecular weight excluding hydrogens is 312 g/mol. The van der Waals surface area contributed by atoms with E-state index in [1.54, 1.807) is 13.2 Å². The summed E-state index contributed by atoms with van der Waals surface area (Å²) in [7, 11) is 1.68. The second-order valence-corrected chi connectivity index (χ2v) is 6.14. The first-order valence-corrected chi connectivity index (χ1v) is 8.72. The molecule has 2 unspecified atom stereocenters. The Kier molecular flexibility index (Phi) is 8.23. The van der Waals surface area contributed by atoms with Crippen molar-refractivity contribution in [3.63, 3.8) is 0 Å². The van der Waals surface area contributed by atoms with Gasteiger partial charge in [0.15, 0.2) is 0 Å².